The van der Waals surface area contributed by atoms with Crippen LogP contribution in [0.4, 0.5) is 0 Å². The Morgan fingerprint density at radius 1 is 0.955 bits per heavy atom. The average Bonchev–Trinajstić information content (AvgIpc) is 2.49. The third kappa shape index (κ3) is 5.29. The second-order valence-corrected chi connectivity index (χ2v) is 5.38. The maximum absolute atomic E-state index is 11.6. The van der Waals surface area contributed by atoms with E-state index < -0.39 is 11.6 Å². The minimum absolute atomic E-state index is 0.530. The van der Waals surface area contributed by atoms with Crippen molar-refractivity contribution < 1.29 is 28.8 Å². The van der Waals surface area contributed by atoms with E-state index in [-0.39, 0.29) is 0 Å². The van der Waals surface area contributed by atoms with Crippen molar-refractivity contribution in [3.63, 3.8) is 0 Å². The van der Waals surface area contributed by atoms with Gasteiger partial charge in [-0.05, 0) is 32.9 Å². The van der Waals surface area contributed by atoms with Gasteiger partial charge in [0.15, 0.2) is 11.5 Å². The van der Waals surface area contributed by atoms with Gasteiger partial charge in [-0.3, -0.25) is 4.89 Å². The lowest BCUT2D eigenvalue weighted by molar-refractivity contribution is -0.316. The van der Waals surface area contributed by atoms with Crippen molar-refractivity contribution in [2.75, 3.05) is 21.3 Å². The van der Waals surface area contributed by atoms with Gasteiger partial charge in [-0.2, -0.15) is 4.89 Å². The average molecular weight is 310 g/mol. The van der Waals surface area contributed by atoms with E-state index >= 15 is 0 Å². The quantitative estimate of drug-likeness (QED) is 0.457. The molecule has 0 heterocycles. The molecule has 22 heavy (non-hydrogen) atoms. The molecule has 0 aliphatic rings. The summed E-state index contributed by atoms with van der Waals surface area (Å²) in [7, 11) is 4.59. The number of carbonyl (C=O) groups excluding carboxylic acids is 1. The molecule has 0 spiro atoms. The van der Waals surface area contributed by atoms with Crippen LogP contribution in [0, 0.1) is 0 Å². The minimum Gasteiger partial charge on any atom is -0.496 e. The van der Waals surface area contributed by atoms with Crippen LogP contribution in [0.1, 0.15) is 26.3 Å². The highest BCUT2D eigenvalue weighted by Crippen LogP contribution is 2.35. The van der Waals surface area contributed by atoms with E-state index in [0.29, 0.717) is 22.8 Å². The number of benzene rings is 1. The van der Waals surface area contributed by atoms with Crippen LogP contribution >= 0.6 is 0 Å². The molecule has 0 radical (unpaired) electrons. The van der Waals surface area contributed by atoms with Crippen molar-refractivity contribution in [2.24, 2.45) is 0 Å². The van der Waals surface area contributed by atoms with Crippen LogP contribution in [0.3, 0.4) is 0 Å². The Kier molecular flexibility index (Phi) is 6.24. The lowest BCUT2D eigenvalue weighted by atomic mass is 10.1. The molecule has 6 nitrogen and oxygen atoms in total. The summed E-state index contributed by atoms with van der Waals surface area (Å²) in [6.45, 7) is 5.34. The van der Waals surface area contributed by atoms with Gasteiger partial charge in [-0.15, -0.1) is 0 Å². The summed E-state index contributed by atoms with van der Waals surface area (Å²) >= 11 is 0. The van der Waals surface area contributed by atoms with Crippen LogP contribution in [-0.2, 0) is 14.6 Å². The first-order valence-corrected chi connectivity index (χ1v) is 6.68. The van der Waals surface area contributed by atoms with Gasteiger partial charge < -0.3 is 14.2 Å². The number of hydrogen-bond acceptors (Lipinski definition) is 6. The van der Waals surface area contributed by atoms with Crippen LogP contribution < -0.4 is 14.2 Å². The third-order valence-corrected chi connectivity index (χ3v) is 2.51. The van der Waals surface area contributed by atoms with Crippen LogP contribution in [0.2, 0.25) is 0 Å². The summed E-state index contributed by atoms with van der Waals surface area (Å²) in [5, 5.41) is 0. The van der Waals surface area contributed by atoms with Gasteiger partial charge in [0.05, 0.1) is 21.3 Å². The minimum atomic E-state index is -0.619. The molecule has 0 saturated carbocycles. The predicted molar refractivity (Wildman–Crippen MR) is 82.1 cm³/mol. The molecule has 6 heteroatoms. The standard InChI is InChI=1S/C16H22O6/c1-16(2,3)22-21-15(17)8-7-11-9-13(19-5)14(20-6)10-12(11)18-4/h7-10H,1-6H3/b8-7+. The van der Waals surface area contributed by atoms with Crippen molar-refractivity contribution in [1.82, 2.24) is 0 Å². The molecule has 122 valence electrons. The third-order valence-electron chi connectivity index (χ3n) is 2.51. The Morgan fingerprint density at radius 3 is 2.00 bits per heavy atom. The Bertz CT molecular complexity index is 542. The molecular weight excluding hydrogens is 288 g/mol. The van der Waals surface area contributed by atoms with E-state index in [1.165, 1.54) is 27.4 Å². The first-order valence-electron chi connectivity index (χ1n) is 6.68. The predicted octanol–water partition coefficient (Wildman–Crippen LogP) is 3.00. The lowest BCUT2D eigenvalue weighted by Gasteiger charge is -2.15. The highest BCUT2D eigenvalue weighted by Gasteiger charge is 2.14. The Labute approximate surface area is 130 Å². The van der Waals surface area contributed by atoms with Gasteiger partial charge in [-0.1, -0.05) is 0 Å². The van der Waals surface area contributed by atoms with Gasteiger partial charge in [-0.25, -0.2) is 4.79 Å². The summed E-state index contributed by atoms with van der Waals surface area (Å²) in [4.78, 5) is 21.2. The molecule has 0 unspecified atom stereocenters. The Balaban J connectivity index is 2.92. The fraction of sp³-hybridized carbons (Fsp3) is 0.438. The molecule has 1 aromatic rings. The molecule has 0 aliphatic carbocycles. The van der Waals surface area contributed by atoms with Crippen molar-refractivity contribution in [3.05, 3.63) is 23.8 Å². The van der Waals surface area contributed by atoms with Crippen molar-refractivity contribution in [1.29, 1.82) is 0 Å². The monoisotopic (exact) mass is 310 g/mol. The molecule has 0 amide bonds. The molecule has 0 atom stereocenters. The molecule has 0 saturated heterocycles. The SMILES string of the molecule is COc1cc(OC)c(OC)cc1/C=C/C(=O)OOC(C)(C)C. The largest absolute Gasteiger partial charge is 0.496 e. The van der Waals surface area contributed by atoms with E-state index in [9.17, 15) is 4.79 Å². The maximum Gasteiger partial charge on any atom is 0.365 e. The zero-order chi connectivity index (χ0) is 16.8. The molecule has 1 aromatic carbocycles. The fourth-order valence-corrected chi connectivity index (χ4v) is 1.53. The molecule has 0 N–H and O–H groups in total. The molecule has 0 aliphatic heterocycles. The number of carbonyl (C=O) groups is 1. The normalized spacial score (nSPS) is 11.4. The van der Waals surface area contributed by atoms with E-state index in [2.05, 4.69) is 4.89 Å². The van der Waals surface area contributed by atoms with E-state index in [1.54, 1.807) is 39.0 Å². The Morgan fingerprint density at radius 2 is 1.50 bits per heavy atom. The van der Waals surface area contributed by atoms with E-state index in [1.807, 2.05) is 0 Å². The lowest BCUT2D eigenvalue weighted by Crippen LogP contribution is -2.21. The highest BCUT2D eigenvalue weighted by molar-refractivity contribution is 5.87. The first-order chi connectivity index (χ1) is 10.3. The summed E-state index contributed by atoms with van der Waals surface area (Å²) in [6.07, 6.45) is 2.80. The van der Waals surface area contributed by atoms with Crippen molar-refractivity contribution in [3.8, 4) is 17.2 Å². The first kappa shape index (κ1) is 17.8. The summed E-state index contributed by atoms with van der Waals surface area (Å²) in [6, 6.07) is 3.38. The maximum atomic E-state index is 11.6. The van der Waals surface area contributed by atoms with Gasteiger partial charge in [0.1, 0.15) is 11.4 Å². The molecule has 0 fully saturated rings. The number of hydrogen-bond donors (Lipinski definition) is 0. The summed E-state index contributed by atoms with van der Waals surface area (Å²) in [5.74, 6) is 0.989. The van der Waals surface area contributed by atoms with Crippen LogP contribution in [0.5, 0.6) is 17.2 Å². The Hall–Kier alpha value is -2.21. The molecular formula is C16H22O6. The summed E-state index contributed by atoms with van der Waals surface area (Å²) in [5.41, 5.74) is 0.0812. The zero-order valence-corrected chi connectivity index (χ0v) is 13.8. The van der Waals surface area contributed by atoms with Crippen molar-refractivity contribution in [2.45, 2.75) is 26.4 Å². The second kappa shape index (κ2) is 7.70. The van der Waals surface area contributed by atoms with Crippen LogP contribution in [0.15, 0.2) is 18.2 Å². The van der Waals surface area contributed by atoms with Crippen molar-refractivity contribution >= 4 is 12.0 Å². The molecule has 0 bridgehead atoms. The summed E-state index contributed by atoms with van der Waals surface area (Å²) < 4.78 is 15.7. The number of methoxy groups -OCH3 is 3. The van der Waals surface area contributed by atoms with Gasteiger partial charge in [0, 0.05) is 17.7 Å². The van der Waals surface area contributed by atoms with Gasteiger partial charge >= 0.3 is 5.97 Å². The highest BCUT2D eigenvalue weighted by atomic mass is 17.2. The smallest absolute Gasteiger partial charge is 0.365 e. The molecule has 0 aromatic heterocycles. The molecule has 1 rings (SSSR count). The topological polar surface area (TPSA) is 63.2 Å². The fourth-order valence-electron chi connectivity index (χ4n) is 1.53. The van der Waals surface area contributed by atoms with Crippen LogP contribution in [0.25, 0.3) is 6.08 Å². The number of rotatable bonds is 6. The van der Waals surface area contributed by atoms with E-state index in [0.717, 1.165) is 0 Å². The zero-order valence-electron chi connectivity index (χ0n) is 13.8. The number of ether oxygens (including phenoxy) is 3. The van der Waals surface area contributed by atoms with Gasteiger partial charge in [0.2, 0.25) is 0 Å². The van der Waals surface area contributed by atoms with E-state index in [4.69, 9.17) is 19.1 Å². The van der Waals surface area contributed by atoms with Gasteiger partial charge in [0.25, 0.3) is 0 Å². The second-order valence-electron chi connectivity index (χ2n) is 5.38. The van der Waals surface area contributed by atoms with Crippen LogP contribution in [-0.4, -0.2) is 32.9 Å².